The highest BCUT2D eigenvalue weighted by atomic mass is 32.1. The van der Waals surface area contributed by atoms with Crippen molar-refractivity contribution in [3.8, 4) is 11.5 Å². The van der Waals surface area contributed by atoms with Crippen LogP contribution in [0.3, 0.4) is 0 Å². The SMILES string of the molecule is O=C(Nc1ccc2c(c1)OCO2)C1CCN(C(=O)Nc2cccs2)CC1. The normalized spacial score (nSPS) is 16.4. The standard InChI is InChI=1S/C18H19N3O4S/c22-17(19-13-3-4-14-15(10-13)25-11-24-14)12-5-7-21(8-6-12)18(23)20-16-2-1-9-26-16/h1-4,9-10,12H,5-8,11H2,(H,19,22)(H,20,23). The number of hydrogen-bond acceptors (Lipinski definition) is 5. The van der Waals surface area contributed by atoms with E-state index in [1.165, 1.54) is 11.3 Å². The molecule has 8 heteroatoms. The number of hydrogen-bond donors (Lipinski definition) is 2. The number of likely N-dealkylation sites (tertiary alicyclic amines) is 1. The number of thiophene rings is 1. The summed E-state index contributed by atoms with van der Waals surface area (Å²) in [6.45, 7) is 1.34. The van der Waals surface area contributed by atoms with Crippen LogP contribution in [0, 0.1) is 5.92 Å². The van der Waals surface area contributed by atoms with Crippen molar-refractivity contribution >= 4 is 34.0 Å². The summed E-state index contributed by atoms with van der Waals surface area (Å²) in [5, 5.41) is 8.56. The van der Waals surface area contributed by atoms with Gasteiger partial charge in [0.1, 0.15) is 0 Å². The summed E-state index contributed by atoms with van der Waals surface area (Å²) >= 11 is 1.49. The Balaban J connectivity index is 1.28. The molecular weight excluding hydrogens is 354 g/mol. The van der Waals surface area contributed by atoms with E-state index in [4.69, 9.17) is 9.47 Å². The Morgan fingerprint density at radius 1 is 1.08 bits per heavy atom. The summed E-state index contributed by atoms with van der Waals surface area (Å²) in [6.07, 6.45) is 1.29. The van der Waals surface area contributed by atoms with Crippen molar-refractivity contribution in [1.29, 1.82) is 0 Å². The highest BCUT2D eigenvalue weighted by Crippen LogP contribution is 2.34. The molecule has 0 saturated carbocycles. The lowest BCUT2D eigenvalue weighted by Crippen LogP contribution is -2.43. The van der Waals surface area contributed by atoms with Gasteiger partial charge in [0.05, 0.1) is 5.00 Å². The zero-order chi connectivity index (χ0) is 17.9. The maximum absolute atomic E-state index is 12.5. The number of urea groups is 1. The van der Waals surface area contributed by atoms with Crippen molar-refractivity contribution < 1.29 is 19.1 Å². The van der Waals surface area contributed by atoms with E-state index in [9.17, 15) is 9.59 Å². The Kier molecular flexibility index (Phi) is 4.66. The quantitative estimate of drug-likeness (QED) is 0.865. The van der Waals surface area contributed by atoms with Crippen LogP contribution in [-0.4, -0.2) is 36.7 Å². The fourth-order valence-corrected chi connectivity index (χ4v) is 3.70. The third kappa shape index (κ3) is 3.60. The lowest BCUT2D eigenvalue weighted by Gasteiger charge is -2.31. The van der Waals surface area contributed by atoms with Gasteiger partial charge < -0.3 is 19.7 Å². The van der Waals surface area contributed by atoms with Gasteiger partial charge in [0, 0.05) is 30.8 Å². The number of nitrogens with zero attached hydrogens (tertiary/aromatic N) is 1. The number of benzene rings is 1. The molecule has 136 valence electrons. The minimum Gasteiger partial charge on any atom is -0.454 e. The van der Waals surface area contributed by atoms with Crippen LogP contribution in [0.4, 0.5) is 15.5 Å². The van der Waals surface area contributed by atoms with Crippen molar-refractivity contribution in [2.75, 3.05) is 30.5 Å². The predicted molar refractivity (Wildman–Crippen MR) is 98.8 cm³/mol. The molecule has 0 bridgehead atoms. The van der Waals surface area contributed by atoms with E-state index in [0.717, 1.165) is 5.00 Å². The summed E-state index contributed by atoms with van der Waals surface area (Å²) < 4.78 is 10.6. The number of piperidine rings is 1. The van der Waals surface area contributed by atoms with Crippen molar-refractivity contribution in [3.63, 3.8) is 0 Å². The van der Waals surface area contributed by atoms with E-state index in [0.29, 0.717) is 43.1 Å². The van der Waals surface area contributed by atoms with E-state index < -0.39 is 0 Å². The number of anilines is 2. The lowest BCUT2D eigenvalue weighted by atomic mass is 9.96. The Morgan fingerprint density at radius 2 is 1.88 bits per heavy atom. The van der Waals surface area contributed by atoms with Gasteiger partial charge in [-0.3, -0.25) is 10.1 Å². The largest absolute Gasteiger partial charge is 0.454 e. The molecule has 0 unspecified atom stereocenters. The third-order valence-electron chi connectivity index (χ3n) is 4.54. The molecule has 0 aliphatic carbocycles. The molecule has 1 aromatic heterocycles. The Morgan fingerprint density at radius 3 is 2.65 bits per heavy atom. The van der Waals surface area contributed by atoms with Crippen LogP contribution in [0.1, 0.15) is 12.8 Å². The maximum Gasteiger partial charge on any atom is 0.322 e. The monoisotopic (exact) mass is 373 g/mol. The number of carbonyl (C=O) groups is 2. The summed E-state index contributed by atoms with van der Waals surface area (Å²) in [6, 6.07) is 9.01. The van der Waals surface area contributed by atoms with E-state index in [-0.39, 0.29) is 24.6 Å². The first-order valence-corrected chi connectivity index (χ1v) is 9.37. The second-order valence-electron chi connectivity index (χ2n) is 6.23. The molecule has 1 saturated heterocycles. The predicted octanol–water partition coefficient (Wildman–Crippen LogP) is 3.36. The average molecular weight is 373 g/mol. The highest BCUT2D eigenvalue weighted by molar-refractivity contribution is 7.14. The van der Waals surface area contributed by atoms with Gasteiger partial charge >= 0.3 is 6.03 Å². The molecular formula is C18H19N3O4S. The molecule has 1 aromatic carbocycles. The van der Waals surface area contributed by atoms with Gasteiger partial charge in [0.2, 0.25) is 12.7 Å². The van der Waals surface area contributed by atoms with Gasteiger partial charge in [0.15, 0.2) is 11.5 Å². The Labute approximate surface area is 154 Å². The zero-order valence-corrected chi connectivity index (χ0v) is 14.9. The fourth-order valence-electron chi connectivity index (χ4n) is 3.10. The molecule has 3 heterocycles. The molecule has 1 fully saturated rings. The summed E-state index contributed by atoms with van der Waals surface area (Å²) in [5.41, 5.74) is 0.692. The van der Waals surface area contributed by atoms with Crippen LogP contribution < -0.4 is 20.1 Å². The zero-order valence-electron chi connectivity index (χ0n) is 14.1. The third-order valence-corrected chi connectivity index (χ3v) is 5.33. The average Bonchev–Trinajstić information content (AvgIpc) is 3.33. The first-order chi connectivity index (χ1) is 12.7. The molecule has 4 rings (SSSR count). The minimum atomic E-state index is -0.109. The van der Waals surface area contributed by atoms with Gasteiger partial charge in [0.25, 0.3) is 0 Å². The molecule has 2 aliphatic heterocycles. The van der Waals surface area contributed by atoms with Crippen molar-refractivity contribution in [2.45, 2.75) is 12.8 Å². The molecule has 0 spiro atoms. The first-order valence-electron chi connectivity index (χ1n) is 8.49. The molecule has 0 atom stereocenters. The van der Waals surface area contributed by atoms with Crippen molar-refractivity contribution in [1.82, 2.24) is 4.90 Å². The van der Waals surface area contributed by atoms with Crippen LogP contribution in [0.5, 0.6) is 11.5 Å². The van der Waals surface area contributed by atoms with Crippen molar-refractivity contribution in [3.05, 3.63) is 35.7 Å². The van der Waals surface area contributed by atoms with Gasteiger partial charge in [-0.2, -0.15) is 0 Å². The smallest absolute Gasteiger partial charge is 0.322 e. The fraction of sp³-hybridized carbons (Fsp3) is 0.333. The number of fused-ring (bicyclic) bond motifs is 1. The topological polar surface area (TPSA) is 79.9 Å². The lowest BCUT2D eigenvalue weighted by molar-refractivity contribution is -0.121. The Bertz CT molecular complexity index is 801. The van der Waals surface area contributed by atoms with Crippen LogP contribution >= 0.6 is 11.3 Å². The number of amides is 3. The molecule has 0 radical (unpaired) electrons. The van der Waals surface area contributed by atoms with Gasteiger partial charge in [-0.05, 0) is 42.5 Å². The van der Waals surface area contributed by atoms with Crippen molar-refractivity contribution in [2.24, 2.45) is 5.92 Å². The molecule has 2 aromatic rings. The summed E-state index contributed by atoms with van der Waals surface area (Å²) in [4.78, 5) is 26.5. The first kappa shape index (κ1) is 16.7. The maximum atomic E-state index is 12.5. The molecule has 2 N–H and O–H groups in total. The molecule has 3 amide bonds. The number of nitrogens with one attached hydrogen (secondary N) is 2. The number of ether oxygens (including phenoxy) is 2. The number of rotatable bonds is 3. The van der Waals surface area contributed by atoms with E-state index in [1.54, 1.807) is 23.1 Å². The number of carbonyl (C=O) groups excluding carboxylic acids is 2. The second kappa shape index (κ2) is 7.25. The Hall–Kier alpha value is -2.74. The summed E-state index contributed by atoms with van der Waals surface area (Å²) in [7, 11) is 0. The van der Waals surface area contributed by atoms with E-state index >= 15 is 0 Å². The van der Waals surface area contributed by atoms with Crippen LogP contribution in [-0.2, 0) is 4.79 Å². The van der Waals surface area contributed by atoms with Gasteiger partial charge in [-0.25, -0.2) is 4.79 Å². The van der Waals surface area contributed by atoms with Gasteiger partial charge in [-0.1, -0.05) is 0 Å². The van der Waals surface area contributed by atoms with E-state index in [1.807, 2.05) is 17.5 Å². The summed E-state index contributed by atoms with van der Waals surface area (Å²) in [5.74, 6) is 1.20. The van der Waals surface area contributed by atoms with Crippen LogP contribution in [0.2, 0.25) is 0 Å². The van der Waals surface area contributed by atoms with Gasteiger partial charge in [-0.15, -0.1) is 11.3 Å². The highest BCUT2D eigenvalue weighted by Gasteiger charge is 2.28. The molecule has 26 heavy (non-hydrogen) atoms. The molecule has 7 nitrogen and oxygen atoms in total. The molecule has 2 aliphatic rings. The second-order valence-corrected chi connectivity index (χ2v) is 7.17. The van der Waals surface area contributed by atoms with Crippen LogP contribution in [0.15, 0.2) is 35.7 Å². The van der Waals surface area contributed by atoms with Crippen LogP contribution in [0.25, 0.3) is 0 Å². The van der Waals surface area contributed by atoms with E-state index in [2.05, 4.69) is 10.6 Å². The minimum absolute atomic E-state index is 0.0258.